The molecule has 5 nitrogen and oxygen atoms in total. The predicted molar refractivity (Wildman–Crippen MR) is 86.8 cm³/mol. The Labute approximate surface area is 132 Å². The van der Waals surface area contributed by atoms with Crippen molar-refractivity contribution in [2.24, 2.45) is 0 Å². The maximum absolute atomic E-state index is 9.45. The van der Waals surface area contributed by atoms with Crippen molar-refractivity contribution >= 4 is 11.8 Å². The van der Waals surface area contributed by atoms with Crippen LogP contribution < -0.4 is 4.74 Å². The molecule has 1 N–H and O–H groups in total. The number of hydrogen-bond acceptors (Lipinski definition) is 5. The van der Waals surface area contributed by atoms with E-state index < -0.39 is 0 Å². The molecule has 0 aliphatic carbocycles. The van der Waals surface area contributed by atoms with Crippen molar-refractivity contribution in [3.8, 4) is 28.6 Å². The number of phenolic OH excluding ortho intramolecular Hbond substituents is 1. The van der Waals surface area contributed by atoms with Crippen LogP contribution in [0.4, 0.5) is 0 Å². The Morgan fingerprint density at radius 1 is 1.09 bits per heavy atom. The van der Waals surface area contributed by atoms with Crippen LogP contribution in [0.5, 0.6) is 11.5 Å². The van der Waals surface area contributed by atoms with Crippen molar-refractivity contribution in [3.05, 3.63) is 48.5 Å². The standard InChI is InChI=1S/C16H15N3O2S/c1-21-14-5-3-4-12(10-14)19-15(17-18-16(19)22-2)11-6-8-13(20)9-7-11/h3-10,20H,1-2H3. The number of benzene rings is 2. The van der Waals surface area contributed by atoms with Crippen LogP contribution in [0.1, 0.15) is 0 Å². The summed E-state index contributed by atoms with van der Waals surface area (Å²) < 4.78 is 7.27. The van der Waals surface area contributed by atoms with Crippen LogP contribution in [0, 0.1) is 0 Å². The van der Waals surface area contributed by atoms with E-state index >= 15 is 0 Å². The average Bonchev–Trinajstić information content (AvgIpc) is 2.99. The second-order valence-corrected chi connectivity index (χ2v) is 5.37. The van der Waals surface area contributed by atoms with Gasteiger partial charge in [0, 0.05) is 11.6 Å². The molecular formula is C16H15N3O2S. The zero-order chi connectivity index (χ0) is 15.5. The Hall–Kier alpha value is -2.47. The minimum Gasteiger partial charge on any atom is -0.508 e. The van der Waals surface area contributed by atoms with Gasteiger partial charge in [0.25, 0.3) is 0 Å². The van der Waals surface area contributed by atoms with Gasteiger partial charge in [0.1, 0.15) is 11.5 Å². The topological polar surface area (TPSA) is 60.2 Å². The zero-order valence-corrected chi connectivity index (χ0v) is 13.0. The number of aromatic hydroxyl groups is 1. The number of thioether (sulfide) groups is 1. The Kier molecular flexibility index (Phi) is 4.02. The summed E-state index contributed by atoms with van der Waals surface area (Å²) in [6.45, 7) is 0. The summed E-state index contributed by atoms with van der Waals surface area (Å²) in [5.74, 6) is 1.72. The molecule has 2 aromatic carbocycles. The van der Waals surface area contributed by atoms with Gasteiger partial charge in [0.2, 0.25) is 0 Å². The summed E-state index contributed by atoms with van der Waals surface area (Å²) in [6, 6.07) is 14.7. The summed E-state index contributed by atoms with van der Waals surface area (Å²) in [4.78, 5) is 0. The minimum absolute atomic E-state index is 0.223. The summed E-state index contributed by atoms with van der Waals surface area (Å²) >= 11 is 1.52. The van der Waals surface area contributed by atoms with E-state index in [1.807, 2.05) is 47.2 Å². The smallest absolute Gasteiger partial charge is 0.195 e. The summed E-state index contributed by atoms with van der Waals surface area (Å²) in [5, 5.41) is 18.8. The summed E-state index contributed by atoms with van der Waals surface area (Å²) in [7, 11) is 1.64. The molecule has 0 saturated heterocycles. The highest BCUT2D eigenvalue weighted by Gasteiger charge is 2.15. The second-order valence-electron chi connectivity index (χ2n) is 4.59. The second kappa shape index (κ2) is 6.11. The van der Waals surface area contributed by atoms with E-state index in [0.717, 1.165) is 28.0 Å². The normalized spacial score (nSPS) is 10.6. The Balaban J connectivity index is 2.16. The first-order valence-corrected chi connectivity index (χ1v) is 7.88. The van der Waals surface area contributed by atoms with Crippen LogP contribution >= 0.6 is 11.8 Å². The highest BCUT2D eigenvalue weighted by Crippen LogP contribution is 2.29. The molecule has 3 aromatic rings. The van der Waals surface area contributed by atoms with Crippen molar-refractivity contribution in [2.45, 2.75) is 5.16 Å². The minimum atomic E-state index is 0.223. The fraction of sp³-hybridized carbons (Fsp3) is 0.125. The Morgan fingerprint density at radius 3 is 2.55 bits per heavy atom. The van der Waals surface area contributed by atoms with Gasteiger partial charge in [-0.15, -0.1) is 10.2 Å². The predicted octanol–water partition coefficient (Wildman–Crippen LogP) is 3.37. The number of methoxy groups -OCH3 is 1. The number of nitrogens with zero attached hydrogens (tertiary/aromatic N) is 3. The van der Waals surface area contributed by atoms with Crippen LogP contribution in [0.25, 0.3) is 17.1 Å². The maximum atomic E-state index is 9.45. The molecule has 112 valence electrons. The Morgan fingerprint density at radius 2 is 1.86 bits per heavy atom. The van der Waals surface area contributed by atoms with E-state index in [9.17, 15) is 5.11 Å². The third-order valence-electron chi connectivity index (χ3n) is 3.25. The molecule has 3 rings (SSSR count). The van der Waals surface area contributed by atoms with Gasteiger partial charge in [-0.25, -0.2) is 0 Å². The first kappa shape index (κ1) is 14.5. The van der Waals surface area contributed by atoms with Crippen LogP contribution in [-0.4, -0.2) is 33.2 Å². The van der Waals surface area contributed by atoms with E-state index in [1.165, 1.54) is 11.8 Å². The molecule has 0 atom stereocenters. The molecule has 0 aliphatic heterocycles. The van der Waals surface area contributed by atoms with Crippen LogP contribution in [0.2, 0.25) is 0 Å². The van der Waals surface area contributed by atoms with Crippen molar-refractivity contribution in [1.29, 1.82) is 0 Å². The van der Waals surface area contributed by atoms with Crippen LogP contribution in [-0.2, 0) is 0 Å². The molecule has 0 spiro atoms. The number of hydrogen-bond donors (Lipinski definition) is 1. The zero-order valence-electron chi connectivity index (χ0n) is 12.2. The monoisotopic (exact) mass is 313 g/mol. The average molecular weight is 313 g/mol. The van der Waals surface area contributed by atoms with Gasteiger partial charge in [0.05, 0.1) is 12.8 Å². The summed E-state index contributed by atoms with van der Waals surface area (Å²) in [5.41, 5.74) is 1.81. The van der Waals surface area contributed by atoms with Gasteiger partial charge < -0.3 is 9.84 Å². The molecule has 1 aromatic heterocycles. The number of phenols is 1. The van der Waals surface area contributed by atoms with Crippen molar-refractivity contribution < 1.29 is 9.84 Å². The third-order valence-corrected chi connectivity index (χ3v) is 3.88. The lowest BCUT2D eigenvalue weighted by Crippen LogP contribution is -1.99. The molecule has 0 aliphatic rings. The van der Waals surface area contributed by atoms with E-state index in [-0.39, 0.29) is 5.75 Å². The van der Waals surface area contributed by atoms with Crippen molar-refractivity contribution in [2.75, 3.05) is 13.4 Å². The van der Waals surface area contributed by atoms with E-state index in [0.29, 0.717) is 0 Å². The number of aromatic nitrogens is 3. The fourth-order valence-corrected chi connectivity index (χ4v) is 2.68. The molecule has 0 saturated carbocycles. The lowest BCUT2D eigenvalue weighted by molar-refractivity contribution is 0.414. The van der Waals surface area contributed by atoms with E-state index in [4.69, 9.17) is 4.74 Å². The molecule has 22 heavy (non-hydrogen) atoms. The van der Waals surface area contributed by atoms with Gasteiger partial charge in [0.15, 0.2) is 11.0 Å². The molecule has 0 fully saturated rings. The highest BCUT2D eigenvalue weighted by atomic mass is 32.2. The highest BCUT2D eigenvalue weighted by molar-refractivity contribution is 7.98. The van der Waals surface area contributed by atoms with Gasteiger partial charge in [-0.3, -0.25) is 4.57 Å². The van der Waals surface area contributed by atoms with Gasteiger partial charge >= 0.3 is 0 Å². The molecule has 6 heteroatoms. The first-order chi connectivity index (χ1) is 10.7. The van der Waals surface area contributed by atoms with Crippen LogP contribution in [0.3, 0.4) is 0 Å². The summed E-state index contributed by atoms with van der Waals surface area (Å²) in [6.07, 6.45) is 1.96. The van der Waals surface area contributed by atoms with Crippen LogP contribution in [0.15, 0.2) is 53.7 Å². The lowest BCUT2D eigenvalue weighted by Gasteiger charge is -2.10. The molecule has 0 bridgehead atoms. The van der Waals surface area contributed by atoms with Gasteiger partial charge in [-0.1, -0.05) is 17.8 Å². The quantitative estimate of drug-likeness (QED) is 0.748. The number of ether oxygens (including phenoxy) is 1. The van der Waals surface area contributed by atoms with E-state index in [2.05, 4.69) is 10.2 Å². The molecular weight excluding hydrogens is 298 g/mol. The molecule has 0 amide bonds. The lowest BCUT2D eigenvalue weighted by atomic mass is 10.2. The molecule has 0 unspecified atom stereocenters. The fourth-order valence-electron chi connectivity index (χ4n) is 2.18. The Bertz CT molecular complexity index is 784. The van der Waals surface area contributed by atoms with Gasteiger partial charge in [-0.05, 0) is 42.7 Å². The molecule has 0 radical (unpaired) electrons. The first-order valence-electron chi connectivity index (χ1n) is 6.66. The SMILES string of the molecule is COc1cccc(-n2c(SC)nnc2-c2ccc(O)cc2)c1. The number of rotatable bonds is 4. The maximum Gasteiger partial charge on any atom is 0.195 e. The van der Waals surface area contributed by atoms with E-state index in [1.54, 1.807) is 19.2 Å². The van der Waals surface area contributed by atoms with Crippen molar-refractivity contribution in [1.82, 2.24) is 14.8 Å². The molecule has 1 heterocycles. The largest absolute Gasteiger partial charge is 0.508 e. The van der Waals surface area contributed by atoms with Crippen molar-refractivity contribution in [3.63, 3.8) is 0 Å². The third kappa shape index (κ3) is 2.65. The van der Waals surface area contributed by atoms with Gasteiger partial charge in [-0.2, -0.15) is 0 Å².